The summed E-state index contributed by atoms with van der Waals surface area (Å²) in [6, 6.07) is 1.93. The number of carbonyl (C=O) groups is 1. The Labute approximate surface area is 105 Å². The molecule has 1 rings (SSSR count). The maximum atomic E-state index is 11.7. The van der Waals surface area contributed by atoms with Gasteiger partial charge >= 0.3 is 0 Å². The molecule has 2 nitrogen and oxygen atoms in total. The number of hydrogen-bond donors (Lipinski definition) is 0. The molecule has 3 heteroatoms. The van der Waals surface area contributed by atoms with Crippen molar-refractivity contribution in [3.05, 3.63) is 40.1 Å². The average Bonchev–Trinajstić information content (AvgIpc) is 2.26. The molecule has 0 radical (unpaired) electrons. The fourth-order valence-electron chi connectivity index (χ4n) is 1.49. The first-order chi connectivity index (χ1) is 7.65. The summed E-state index contributed by atoms with van der Waals surface area (Å²) in [4.78, 5) is 15.8. The summed E-state index contributed by atoms with van der Waals surface area (Å²) in [6.07, 6.45) is 7.52. The van der Waals surface area contributed by atoms with E-state index in [1.54, 1.807) is 18.5 Å². The Morgan fingerprint density at radius 1 is 1.38 bits per heavy atom. The van der Waals surface area contributed by atoms with Gasteiger partial charge in [-0.2, -0.15) is 0 Å². The Morgan fingerprint density at radius 2 is 2.06 bits per heavy atom. The van der Waals surface area contributed by atoms with E-state index in [0.29, 0.717) is 6.42 Å². The molecule has 0 bridgehead atoms. The van der Waals surface area contributed by atoms with Crippen molar-refractivity contribution in [2.75, 3.05) is 0 Å². The first-order valence-electron chi connectivity index (χ1n) is 5.47. The largest absolute Gasteiger partial charge is 0.294 e. The molecule has 0 saturated carbocycles. The Morgan fingerprint density at radius 3 is 2.62 bits per heavy atom. The lowest BCUT2D eigenvalue weighted by molar-refractivity contribution is -0.114. The summed E-state index contributed by atoms with van der Waals surface area (Å²) >= 11 is 3.34. The summed E-state index contributed by atoms with van der Waals surface area (Å²) < 4.78 is 0.910. The lowest BCUT2D eigenvalue weighted by atomic mass is 10.1. The Kier molecular flexibility index (Phi) is 5.39. The van der Waals surface area contributed by atoms with Gasteiger partial charge in [-0.25, -0.2) is 0 Å². The zero-order valence-electron chi connectivity index (χ0n) is 9.66. The van der Waals surface area contributed by atoms with Crippen molar-refractivity contribution < 1.29 is 4.79 Å². The van der Waals surface area contributed by atoms with Gasteiger partial charge < -0.3 is 0 Å². The van der Waals surface area contributed by atoms with E-state index in [4.69, 9.17) is 0 Å². The van der Waals surface area contributed by atoms with Crippen LogP contribution in [0.3, 0.4) is 0 Å². The lowest BCUT2D eigenvalue weighted by Gasteiger charge is -2.01. The summed E-state index contributed by atoms with van der Waals surface area (Å²) in [6.45, 7) is 4.15. The van der Waals surface area contributed by atoms with Crippen LogP contribution in [0.1, 0.15) is 32.3 Å². The molecular weight excluding hydrogens is 266 g/mol. The second-order valence-electron chi connectivity index (χ2n) is 3.66. The normalized spacial score (nSPS) is 9.94. The third-order valence-corrected chi connectivity index (χ3v) is 2.85. The number of hydrogen-bond acceptors (Lipinski definition) is 2. The molecule has 0 amide bonds. The molecule has 86 valence electrons. The van der Waals surface area contributed by atoms with Crippen LogP contribution in [0, 0.1) is 0 Å². The van der Waals surface area contributed by atoms with Crippen molar-refractivity contribution in [3.63, 3.8) is 0 Å². The molecule has 0 spiro atoms. The molecule has 0 fully saturated rings. The van der Waals surface area contributed by atoms with E-state index in [1.807, 2.05) is 6.07 Å². The highest BCUT2D eigenvalue weighted by Gasteiger charge is 2.03. The number of nitrogens with zero attached hydrogens (tertiary/aromatic N) is 1. The van der Waals surface area contributed by atoms with Crippen LogP contribution in [0.4, 0.5) is 0 Å². The highest BCUT2D eigenvalue weighted by molar-refractivity contribution is 9.10. The van der Waals surface area contributed by atoms with Gasteiger partial charge in [0.1, 0.15) is 0 Å². The lowest BCUT2D eigenvalue weighted by Crippen LogP contribution is -2.00. The first-order valence-corrected chi connectivity index (χ1v) is 6.26. The molecule has 0 unspecified atom stereocenters. The molecule has 0 aliphatic rings. The highest BCUT2D eigenvalue weighted by Crippen LogP contribution is 2.11. The molecule has 0 atom stereocenters. The van der Waals surface area contributed by atoms with E-state index in [0.717, 1.165) is 22.9 Å². The topological polar surface area (TPSA) is 30.0 Å². The molecule has 0 N–H and O–H groups in total. The van der Waals surface area contributed by atoms with E-state index in [-0.39, 0.29) is 5.78 Å². The Balaban J connectivity index is 2.68. The molecule has 1 aromatic heterocycles. The van der Waals surface area contributed by atoms with Crippen LogP contribution in [-0.4, -0.2) is 10.8 Å². The van der Waals surface area contributed by atoms with Gasteiger partial charge in [0.2, 0.25) is 0 Å². The van der Waals surface area contributed by atoms with Crippen molar-refractivity contribution in [2.45, 2.75) is 33.1 Å². The summed E-state index contributed by atoms with van der Waals surface area (Å²) in [5.41, 5.74) is 2.15. The quantitative estimate of drug-likeness (QED) is 0.771. The minimum Gasteiger partial charge on any atom is -0.294 e. The molecule has 0 aromatic carbocycles. The van der Waals surface area contributed by atoms with Gasteiger partial charge in [0.25, 0.3) is 0 Å². The Hall–Kier alpha value is -0.960. The molecule has 0 aliphatic heterocycles. The van der Waals surface area contributed by atoms with Gasteiger partial charge in [-0.1, -0.05) is 19.4 Å². The number of ketones is 1. The van der Waals surface area contributed by atoms with E-state index in [1.165, 1.54) is 5.57 Å². The van der Waals surface area contributed by atoms with Gasteiger partial charge in [0.05, 0.1) is 0 Å². The van der Waals surface area contributed by atoms with Crippen LogP contribution < -0.4 is 0 Å². The molecule has 0 aliphatic carbocycles. The van der Waals surface area contributed by atoms with Crippen LogP contribution in [0.2, 0.25) is 0 Å². The number of pyridine rings is 1. The molecule has 16 heavy (non-hydrogen) atoms. The minimum absolute atomic E-state index is 0.151. The van der Waals surface area contributed by atoms with Gasteiger partial charge in [-0.3, -0.25) is 9.78 Å². The highest BCUT2D eigenvalue weighted by atomic mass is 79.9. The minimum atomic E-state index is 0.151. The third-order valence-electron chi connectivity index (χ3n) is 2.41. The standard InChI is InChI=1S/C13H16BrNO/c1-3-10(4-2)6-13(16)7-11-5-12(14)9-15-8-11/h5-6,8-9H,3-4,7H2,1-2H3. The van der Waals surface area contributed by atoms with Crippen LogP contribution in [0.15, 0.2) is 34.6 Å². The maximum absolute atomic E-state index is 11.7. The molecule has 1 aromatic rings. The monoisotopic (exact) mass is 281 g/mol. The second-order valence-corrected chi connectivity index (χ2v) is 4.58. The first kappa shape index (κ1) is 13.1. The number of rotatable bonds is 5. The third kappa shape index (κ3) is 4.27. The number of carbonyl (C=O) groups excluding carboxylic acids is 1. The van der Waals surface area contributed by atoms with E-state index in [9.17, 15) is 4.79 Å². The fourth-order valence-corrected chi connectivity index (χ4v) is 1.90. The number of halogens is 1. The van der Waals surface area contributed by atoms with Gasteiger partial charge in [-0.05, 0) is 46.5 Å². The van der Waals surface area contributed by atoms with E-state index < -0.39 is 0 Å². The van der Waals surface area contributed by atoms with Crippen molar-refractivity contribution >= 4 is 21.7 Å². The smallest absolute Gasteiger partial charge is 0.160 e. The Bertz CT molecular complexity index is 393. The zero-order chi connectivity index (χ0) is 12.0. The van der Waals surface area contributed by atoms with Crippen LogP contribution >= 0.6 is 15.9 Å². The fraction of sp³-hybridized carbons (Fsp3) is 0.385. The van der Waals surface area contributed by atoms with Gasteiger partial charge in [0.15, 0.2) is 5.78 Å². The van der Waals surface area contributed by atoms with Crippen LogP contribution in [-0.2, 0) is 11.2 Å². The average molecular weight is 282 g/mol. The molecule has 1 heterocycles. The SMILES string of the molecule is CCC(=CC(=O)Cc1cncc(Br)c1)CC. The summed E-state index contributed by atoms with van der Waals surface area (Å²) in [5.74, 6) is 0.151. The number of aromatic nitrogens is 1. The second kappa shape index (κ2) is 6.59. The summed E-state index contributed by atoms with van der Waals surface area (Å²) in [7, 11) is 0. The van der Waals surface area contributed by atoms with Crippen molar-refractivity contribution in [1.82, 2.24) is 4.98 Å². The van der Waals surface area contributed by atoms with Gasteiger partial charge in [-0.15, -0.1) is 0 Å². The molecular formula is C13H16BrNO. The zero-order valence-corrected chi connectivity index (χ0v) is 11.3. The van der Waals surface area contributed by atoms with Crippen LogP contribution in [0.25, 0.3) is 0 Å². The van der Waals surface area contributed by atoms with Crippen LogP contribution in [0.5, 0.6) is 0 Å². The van der Waals surface area contributed by atoms with Crippen molar-refractivity contribution in [2.24, 2.45) is 0 Å². The van der Waals surface area contributed by atoms with E-state index >= 15 is 0 Å². The van der Waals surface area contributed by atoms with Crippen molar-refractivity contribution in [1.29, 1.82) is 0 Å². The predicted octanol–water partition coefficient (Wildman–Crippen LogP) is 3.70. The summed E-state index contributed by atoms with van der Waals surface area (Å²) in [5, 5.41) is 0. The molecule has 0 saturated heterocycles. The van der Waals surface area contributed by atoms with E-state index in [2.05, 4.69) is 34.8 Å². The number of allylic oxidation sites excluding steroid dienone is 2. The van der Waals surface area contributed by atoms with Gasteiger partial charge in [0, 0.05) is 23.3 Å². The maximum Gasteiger partial charge on any atom is 0.160 e. The predicted molar refractivity (Wildman–Crippen MR) is 69.3 cm³/mol. The van der Waals surface area contributed by atoms with Crippen molar-refractivity contribution in [3.8, 4) is 0 Å².